The van der Waals surface area contributed by atoms with Crippen molar-refractivity contribution >= 4 is 27.5 Å². The van der Waals surface area contributed by atoms with E-state index in [1.54, 1.807) is 21.4 Å². The Labute approximate surface area is 130 Å². The number of aromatic nitrogens is 3. The molecule has 0 bridgehead atoms. The Morgan fingerprint density at radius 3 is 2.91 bits per heavy atom. The fraction of sp³-hybridized carbons (Fsp3) is 0.267. The zero-order valence-electron chi connectivity index (χ0n) is 12.5. The average molecular weight is 318 g/mol. The molecule has 0 saturated heterocycles. The van der Waals surface area contributed by atoms with Crippen LogP contribution in [0.5, 0.6) is 0 Å². The molecule has 0 aliphatic rings. The van der Waals surface area contributed by atoms with E-state index in [-0.39, 0.29) is 11.7 Å². The SMILES string of the molecule is CCn1nc(C)cc1C(=O)N=c1sc2cc(F)ccc2n1C. The van der Waals surface area contributed by atoms with Gasteiger partial charge in [0.05, 0.1) is 15.9 Å². The zero-order valence-corrected chi connectivity index (χ0v) is 13.3. The second-order valence-electron chi connectivity index (χ2n) is 4.96. The molecule has 1 amide bonds. The van der Waals surface area contributed by atoms with Gasteiger partial charge in [-0.3, -0.25) is 9.48 Å². The van der Waals surface area contributed by atoms with Crippen LogP contribution in [-0.2, 0) is 13.6 Å². The first kappa shape index (κ1) is 14.6. The Bertz CT molecular complexity index is 935. The van der Waals surface area contributed by atoms with E-state index < -0.39 is 0 Å². The summed E-state index contributed by atoms with van der Waals surface area (Å²) in [6.45, 7) is 4.37. The van der Waals surface area contributed by atoms with Crippen LogP contribution in [0.1, 0.15) is 23.1 Å². The van der Waals surface area contributed by atoms with E-state index in [4.69, 9.17) is 0 Å². The number of hydrogen-bond acceptors (Lipinski definition) is 3. The quantitative estimate of drug-likeness (QED) is 0.729. The number of hydrogen-bond donors (Lipinski definition) is 0. The molecular weight excluding hydrogens is 303 g/mol. The summed E-state index contributed by atoms with van der Waals surface area (Å²) in [4.78, 5) is 17.1. The van der Waals surface area contributed by atoms with E-state index in [1.165, 1.54) is 23.5 Å². The van der Waals surface area contributed by atoms with Gasteiger partial charge in [-0.25, -0.2) is 4.39 Å². The summed E-state index contributed by atoms with van der Waals surface area (Å²) in [5.41, 5.74) is 2.09. The van der Waals surface area contributed by atoms with Gasteiger partial charge in [-0.2, -0.15) is 10.1 Å². The molecule has 1 aromatic carbocycles. The fourth-order valence-electron chi connectivity index (χ4n) is 2.32. The van der Waals surface area contributed by atoms with Gasteiger partial charge in [0, 0.05) is 13.6 Å². The first-order chi connectivity index (χ1) is 10.5. The van der Waals surface area contributed by atoms with E-state index in [2.05, 4.69) is 10.1 Å². The van der Waals surface area contributed by atoms with Crippen LogP contribution in [0.2, 0.25) is 0 Å². The Morgan fingerprint density at radius 1 is 1.41 bits per heavy atom. The molecule has 0 radical (unpaired) electrons. The Kier molecular flexibility index (Phi) is 3.66. The maximum atomic E-state index is 13.3. The molecule has 0 N–H and O–H groups in total. The Balaban J connectivity index is 2.11. The van der Waals surface area contributed by atoms with Gasteiger partial charge in [-0.15, -0.1) is 0 Å². The molecule has 114 valence electrons. The predicted octanol–water partition coefficient (Wildman–Crippen LogP) is 2.64. The molecular formula is C15H15FN4OS. The van der Waals surface area contributed by atoms with Crippen molar-refractivity contribution in [3.05, 3.63) is 46.3 Å². The van der Waals surface area contributed by atoms with Crippen LogP contribution in [0.3, 0.4) is 0 Å². The Morgan fingerprint density at radius 2 is 2.18 bits per heavy atom. The van der Waals surface area contributed by atoms with Gasteiger partial charge in [0.1, 0.15) is 11.5 Å². The molecule has 3 rings (SSSR count). The molecule has 0 spiro atoms. The van der Waals surface area contributed by atoms with E-state index >= 15 is 0 Å². The van der Waals surface area contributed by atoms with Gasteiger partial charge in [0.25, 0.3) is 5.91 Å². The topological polar surface area (TPSA) is 52.2 Å². The van der Waals surface area contributed by atoms with Gasteiger partial charge >= 0.3 is 0 Å². The van der Waals surface area contributed by atoms with E-state index in [0.717, 1.165) is 15.9 Å². The minimum Gasteiger partial charge on any atom is -0.319 e. The van der Waals surface area contributed by atoms with Crippen LogP contribution < -0.4 is 4.80 Å². The van der Waals surface area contributed by atoms with Crippen LogP contribution in [0.15, 0.2) is 29.3 Å². The minimum atomic E-state index is -0.343. The standard InChI is InChI=1S/C15H15FN4OS/c1-4-20-12(7-9(2)18-20)14(21)17-15-19(3)11-6-5-10(16)8-13(11)22-15/h5-8H,4H2,1-3H3. The highest BCUT2D eigenvalue weighted by Crippen LogP contribution is 2.17. The van der Waals surface area contributed by atoms with Crippen molar-refractivity contribution in [1.29, 1.82) is 0 Å². The third-order valence-electron chi connectivity index (χ3n) is 3.39. The van der Waals surface area contributed by atoms with E-state index in [9.17, 15) is 9.18 Å². The summed E-state index contributed by atoms with van der Waals surface area (Å²) in [7, 11) is 1.81. The highest BCUT2D eigenvalue weighted by atomic mass is 32.1. The Hall–Kier alpha value is -2.28. The molecule has 0 saturated carbocycles. The van der Waals surface area contributed by atoms with Crippen molar-refractivity contribution in [2.45, 2.75) is 20.4 Å². The largest absolute Gasteiger partial charge is 0.319 e. The molecule has 0 aliphatic heterocycles. The molecule has 22 heavy (non-hydrogen) atoms. The number of rotatable bonds is 2. The van der Waals surface area contributed by atoms with Gasteiger partial charge in [-0.05, 0) is 38.1 Å². The summed E-state index contributed by atoms with van der Waals surface area (Å²) in [5.74, 6) is -0.642. The van der Waals surface area contributed by atoms with E-state index in [0.29, 0.717) is 17.0 Å². The molecule has 0 atom stereocenters. The lowest BCUT2D eigenvalue weighted by molar-refractivity contribution is 0.0988. The average Bonchev–Trinajstić information content (AvgIpc) is 3.00. The predicted molar refractivity (Wildman–Crippen MR) is 83.3 cm³/mol. The minimum absolute atomic E-state index is 0.299. The number of amides is 1. The summed E-state index contributed by atoms with van der Waals surface area (Å²) >= 11 is 1.29. The first-order valence-electron chi connectivity index (χ1n) is 6.88. The molecule has 0 aliphatic carbocycles. The second-order valence-corrected chi connectivity index (χ2v) is 5.97. The lowest BCUT2D eigenvalue weighted by Crippen LogP contribution is -2.15. The third kappa shape index (κ3) is 2.48. The number of halogens is 1. The normalized spacial score (nSPS) is 12.3. The van der Waals surface area contributed by atoms with Gasteiger partial charge < -0.3 is 4.57 Å². The molecule has 0 unspecified atom stereocenters. The molecule has 2 heterocycles. The highest BCUT2D eigenvalue weighted by Gasteiger charge is 2.13. The van der Waals surface area contributed by atoms with Crippen molar-refractivity contribution < 1.29 is 9.18 Å². The van der Waals surface area contributed by atoms with Crippen molar-refractivity contribution in [3.63, 3.8) is 0 Å². The molecule has 3 aromatic rings. The number of thiazole rings is 1. The maximum Gasteiger partial charge on any atom is 0.297 e. The van der Waals surface area contributed by atoms with Crippen LogP contribution in [0.4, 0.5) is 4.39 Å². The van der Waals surface area contributed by atoms with Crippen LogP contribution in [-0.4, -0.2) is 20.3 Å². The maximum absolute atomic E-state index is 13.3. The molecule has 7 heteroatoms. The molecule has 2 aromatic heterocycles. The van der Waals surface area contributed by atoms with Crippen molar-refractivity contribution in [1.82, 2.24) is 14.3 Å². The van der Waals surface area contributed by atoms with E-state index in [1.807, 2.05) is 20.9 Å². The summed E-state index contributed by atoms with van der Waals surface area (Å²) in [5, 5.41) is 4.25. The first-order valence-corrected chi connectivity index (χ1v) is 7.70. The number of carbonyl (C=O) groups is 1. The van der Waals surface area contributed by atoms with Crippen molar-refractivity contribution in [2.75, 3.05) is 0 Å². The van der Waals surface area contributed by atoms with Gasteiger partial charge in [0.2, 0.25) is 0 Å². The zero-order chi connectivity index (χ0) is 15.9. The van der Waals surface area contributed by atoms with Crippen molar-refractivity contribution in [3.8, 4) is 0 Å². The number of aryl methyl sites for hydroxylation is 3. The third-order valence-corrected chi connectivity index (χ3v) is 4.48. The van der Waals surface area contributed by atoms with Crippen LogP contribution in [0, 0.1) is 12.7 Å². The fourth-order valence-corrected chi connectivity index (χ4v) is 3.36. The monoisotopic (exact) mass is 318 g/mol. The molecule has 0 fully saturated rings. The van der Waals surface area contributed by atoms with Crippen molar-refractivity contribution in [2.24, 2.45) is 12.0 Å². The summed E-state index contributed by atoms with van der Waals surface area (Å²) in [6, 6.07) is 6.26. The number of carbonyl (C=O) groups excluding carboxylic acids is 1. The van der Waals surface area contributed by atoms with Gasteiger partial charge in [0.15, 0.2) is 4.80 Å². The molecule has 5 nitrogen and oxygen atoms in total. The second kappa shape index (κ2) is 5.49. The van der Waals surface area contributed by atoms with Crippen LogP contribution >= 0.6 is 11.3 Å². The number of fused-ring (bicyclic) bond motifs is 1. The van der Waals surface area contributed by atoms with Gasteiger partial charge in [-0.1, -0.05) is 11.3 Å². The highest BCUT2D eigenvalue weighted by molar-refractivity contribution is 7.16. The number of nitrogens with zero attached hydrogens (tertiary/aromatic N) is 4. The summed E-state index contributed by atoms with van der Waals surface area (Å²) in [6.07, 6.45) is 0. The smallest absolute Gasteiger partial charge is 0.297 e. The lowest BCUT2D eigenvalue weighted by Gasteiger charge is -1.99. The van der Waals surface area contributed by atoms with Crippen LogP contribution in [0.25, 0.3) is 10.2 Å². The summed E-state index contributed by atoms with van der Waals surface area (Å²) < 4.78 is 17.5. The number of benzene rings is 1. The lowest BCUT2D eigenvalue weighted by atomic mass is 10.3.